The maximum Gasteiger partial charge on any atom is 0.308 e. The number of hydrogen-bond donors (Lipinski definition) is 1. The summed E-state index contributed by atoms with van der Waals surface area (Å²) < 4.78 is 22.6. The first-order valence-corrected chi connectivity index (χ1v) is 11.2. The number of hydrogen-bond acceptors (Lipinski definition) is 8. The molecule has 1 unspecified atom stereocenters. The summed E-state index contributed by atoms with van der Waals surface area (Å²) in [5.74, 6) is -2.82. The molecule has 31 heavy (non-hydrogen) atoms. The first kappa shape index (κ1) is 26.9. The van der Waals surface area contributed by atoms with Crippen LogP contribution in [0.3, 0.4) is 0 Å². The van der Waals surface area contributed by atoms with Gasteiger partial charge in [0.25, 0.3) is 0 Å². The molecule has 9 heteroatoms. The first-order chi connectivity index (χ1) is 14.7. The molecule has 0 amide bonds. The SMILES string of the molecule is CCCC(=O)OC1O[C@@H](C)[C@H](CCCC(=O)O)[C@@H](OC(=O)CCC)[C@H]1OC(=O)CCC. The summed E-state index contributed by atoms with van der Waals surface area (Å²) >= 11 is 0. The second-order valence-corrected chi connectivity index (χ2v) is 7.81. The molecule has 0 bridgehead atoms. The largest absolute Gasteiger partial charge is 0.481 e. The Labute approximate surface area is 183 Å². The molecule has 0 aromatic carbocycles. The van der Waals surface area contributed by atoms with E-state index in [1.807, 2.05) is 20.8 Å². The van der Waals surface area contributed by atoms with Crippen LogP contribution in [0.15, 0.2) is 0 Å². The van der Waals surface area contributed by atoms with Gasteiger partial charge in [0.05, 0.1) is 6.10 Å². The van der Waals surface area contributed by atoms with E-state index in [1.165, 1.54) is 0 Å². The fourth-order valence-electron chi connectivity index (χ4n) is 3.54. The molecule has 1 saturated heterocycles. The quantitative estimate of drug-likeness (QED) is 0.336. The molecule has 0 aliphatic carbocycles. The zero-order valence-electron chi connectivity index (χ0n) is 19.0. The van der Waals surface area contributed by atoms with Crippen molar-refractivity contribution in [2.24, 2.45) is 5.92 Å². The minimum Gasteiger partial charge on any atom is -0.481 e. The van der Waals surface area contributed by atoms with E-state index in [0.29, 0.717) is 32.1 Å². The lowest BCUT2D eigenvalue weighted by Crippen LogP contribution is -2.58. The lowest BCUT2D eigenvalue weighted by molar-refractivity contribution is -0.282. The van der Waals surface area contributed by atoms with Crippen LogP contribution in [0.1, 0.15) is 85.5 Å². The van der Waals surface area contributed by atoms with E-state index in [1.54, 1.807) is 6.92 Å². The molecule has 5 atom stereocenters. The van der Waals surface area contributed by atoms with Gasteiger partial charge in [-0.15, -0.1) is 0 Å². The van der Waals surface area contributed by atoms with Crippen molar-refractivity contribution in [3.63, 3.8) is 0 Å². The summed E-state index contributed by atoms with van der Waals surface area (Å²) in [5.41, 5.74) is 0. The van der Waals surface area contributed by atoms with Crippen LogP contribution < -0.4 is 0 Å². The second kappa shape index (κ2) is 14.0. The summed E-state index contributed by atoms with van der Waals surface area (Å²) in [6.45, 7) is 7.24. The minimum atomic E-state index is -1.20. The van der Waals surface area contributed by atoms with Gasteiger partial charge >= 0.3 is 23.9 Å². The normalized spacial score (nSPS) is 25.5. The molecule has 0 aromatic rings. The monoisotopic (exact) mass is 444 g/mol. The lowest BCUT2D eigenvalue weighted by Gasteiger charge is -2.44. The molecule has 178 valence electrons. The number of ether oxygens (including phenoxy) is 4. The maximum atomic E-state index is 12.3. The summed E-state index contributed by atoms with van der Waals surface area (Å²) in [6.07, 6.45) is -0.830. The van der Waals surface area contributed by atoms with Crippen LogP contribution in [-0.2, 0) is 38.1 Å². The Morgan fingerprint density at radius 3 is 1.74 bits per heavy atom. The predicted molar refractivity (Wildman–Crippen MR) is 110 cm³/mol. The fourth-order valence-corrected chi connectivity index (χ4v) is 3.54. The van der Waals surface area contributed by atoms with Crippen LogP contribution >= 0.6 is 0 Å². The third-order valence-corrected chi connectivity index (χ3v) is 5.04. The van der Waals surface area contributed by atoms with Gasteiger partial charge in [0, 0.05) is 31.6 Å². The van der Waals surface area contributed by atoms with E-state index in [4.69, 9.17) is 24.1 Å². The molecule has 1 heterocycles. The number of rotatable bonds is 13. The molecule has 0 radical (unpaired) electrons. The standard InChI is InChI=1S/C22H36O9/c1-5-9-17(25)29-20-15(12-8-13-16(23)24)14(4)28-22(31-19(27)11-7-3)21(20)30-18(26)10-6-2/h14-15,20-22H,5-13H2,1-4H3,(H,23,24)/t14-,15-,20+,21+,22?/m0/s1. The van der Waals surface area contributed by atoms with Gasteiger partial charge in [0.2, 0.25) is 12.4 Å². The highest BCUT2D eigenvalue weighted by atomic mass is 16.7. The van der Waals surface area contributed by atoms with E-state index in [9.17, 15) is 19.2 Å². The highest BCUT2D eigenvalue weighted by Crippen LogP contribution is 2.35. The Morgan fingerprint density at radius 1 is 0.774 bits per heavy atom. The van der Waals surface area contributed by atoms with Crippen LogP contribution in [0, 0.1) is 5.92 Å². The number of carbonyl (C=O) groups excluding carboxylic acids is 3. The third-order valence-electron chi connectivity index (χ3n) is 5.04. The van der Waals surface area contributed by atoms with Gasteiger partial charge < -0.3 is 24.1 Å². The molecule has 1 aliphatic heterocycles. The lowest BCUT2D eigenvalue weighted by atomic mass is 9.85. The van der Waals surface area contributed by atoms with E-state index in [2.05, 4.69) is 0 Å². The summed E-state index contributed by atoms with van der Waals surface area (Å²) in [6, 6.07) is 0. The Hall–Kier alpha value is -2.16. The van der Waals surface area contributed by atoms with Gasteiger partial charge in [0.15, 0.2) is 6.10 Å². The van der Waals surface area contributed by atoms with Crippen LogP contribution in [-0.4, -0.2) is 53.6 Å². The van der Waals surface area contributed by atoms with Crippen LogP contribution in [0.5, 0.6) is 0 Å². The summed E-state index contributed by atoms with van der Waals surface area (Å²) in [7, 11) is 0. The summed E-state index contributed by atoms with van der Waals surface area (Å²) in [5, 5.41) is 8.97. The van der Waals surface area contributed by atoms with Gasteiger partial charge in [-0.25, -0.2) is 0 Å². The Kier molecular flexibility index (Phi) is 12.1. The third kappa shape index (κ3) is 9.25. The number of carboxylic acid groups (broad SMARTS) is 1. The zero-order valence-corrected chi connectivity index (χ0v) is 19.0. The van der Waals surface area contributed by atoms with Crippen molar-refractivity contribution < 1.29 is 43.2 Å². The highest BCUT2D eigenvalue weighted by Gasteiger charge is 2.50. The Morgan fingerprint density at radius 2 is 1.26 bits per heavy atom. The number of carboxylic acids is 1. The van der Waals surface area contributed by atoms with Crippen molar-refractivity contribution >= 4 is 23.9 Å². The van der Waals surface area contributed by atoms with Crippen molar-refractivity contribution in [3.8, 4) is 0 Å². The van der Waals surface area contributed by atoms with Crippen molar-refractivity contribution in [1.82, 2.24) is 0 Å². The van der Waals surface area contributed by atoms with E-state index in [0.717, 1.165) is 0 Å². The van der Waals surface area contributed by atoms with Gasteiger partial charge in [-0.2, -0.15) is 0 Å². The zero-order chi connectivity index (χ0) is 23.4. The van der Waals surface area contributed by atoms with E-state index in [-0.39, 0.29) is 25.7 Å². The molecular formula is C22H36O9. The Bertz CT molecular complexity index is 604. The number of carbonyl (C=O) groups is 4. The van der Waals surface area contributed by atoms with E-state index >= 15 is 0 Å². The topological polar surface area (TPSA) is 125 Å². The molecule has 0 spiro atoms. The van der Waals surface area contributed by atoms with E-state index < -0.39 is 54.4 Å². The van der Waals surface area contributed by atoms with Gasteiger partial charge in [-0.1, -0.05) is 20.8 Å². The van der Waals surface area contributed by atoms with Gasteiger partial charge in [-0.05, 0) is 39.0 Å². The molecule has 1 rings (SSSR count). The van der Waals surface area contributed by atoms with Crippen molar-refractivity contribution in [3.05, 3.63) is 0 Å². The smallest absolute Gasteiger partial charge is 0.308 e. The van der Waals surface area contributed by atoms with Crippen molar-refractivity contribution in [2.45, 2.75) is 110 Å². The number of esters is 3. The first-order valence-electron chi connectivity index (χ1n) is 11.2. The second-order valence-electron chi connectivity index (χ2n) is 7.81. The van der Waals surface area contributed by atoms with Crippen LogP contribution in [0.4, 0.5) is 0 Å². The summed E-state index contributed by atoms with van der Waals surface area (Å²) in [4.78, 5) is 47.7. The highest BCUT2D eigenvalue weighted by molar-refractivity contribution is 5.71. The molecule has 1 fully saturated rings. The Balaban J connectivity index is 3.17. The molecule has 0 saturated carbocycles. The predicted octanol–water partition coefficient (Wildman–Crippen LogP) is 3.37. The molecule has 9 nitrogen and oxygen atoms in total. The van der Waals surface area contributed by atoms with Crippen LogP contribution in [0.25, 0.3) is 0 Å². The minimum absolute atomic E-state index is 0.0476. The maximum absolute atomic E-state index is 12.3. The number of aliphatic carboxylic acids is 1. The van der Waals surface area contributed by atoms with Gasteiger partial charge in [0.1, 0.15) is 0 Å². The van der Waals surface area contributed by atoms with Gasteiger partial charge in [-0.3, -0.25) is 19.2 Å². The van der Waals surface area contributed by atoms with Crippen LogP contribution in [0.2, 0.25) is 0 Å². The average molecular weight is 445 g/mol. The molecule has 0 aromatic heterocycles. The molecule has 1 N–H and O–H groups in total. The van der Waals surface area contributed by atoms with Crippen molar-refractivity contribution in [1.29, 1.82) is 0 Å². The molecular weight excluding hydrogens is 408 g/mol. The average Bonchev–Trinajstić information content (AvgIpc) is 2.67. The van der Waals surface area contributed by atoms with Crippen molar-refractivity contribution in [2.75, 3.05) is 0 Å². The fraction of sp³-hybridized carbons (Fsp3) is 0.818. The molecule has 1 aliphatic rings.